The van der Waals surface area contributed by atoms with E-state index in [4.69, 9.17) is 0 Å². The molecule has 484 valence electrons. The zero-order valence-corrected chi connectivity index (χ0v) is 56.2. The molecule has 0 saturated heterocycles. The van der Waals surface area contributed by atoms with Crippen LogP contribution < -0.4 is 9.80 Å². The van der Waals surface area contributed by atoms with Gasteiger partial charge in [-0.05, 0) is 234 Å². The van der Waals surface area contributed by atoms with Crippen molar-refractivity contribution in [1.82, 2.24) is 0 Å². The van der Waals surface area contributed by atoms with Gasteiger partial charge in [0.25, 0.3) is 0 Å². The number of benzene rings is 14. The van der Waals surface area contributed by atoms with Crippen LogP contribution in [0.1, 0.15) is 100 Å². The molecular weight excluding hydrogens is 1250 g/mol. The molecule has 4 aliphatic rings. The van der Waals surface area contributed by atoms with Crippen molar-refractivity contribution in [2.24, 2.45) is 0 Å². The average molecular weight is 1310 g/mol. The largest absolute Gasteiger partial charge is 0.308 e. The van der Waals surface area contributed by atoms with Crippen LogP contribution >= 0.6 is 0 Å². The van der Waals surface area contributed by atoms with Crippen molar-refractivity contribution in [2.45, 2.75) is 43.9 Å². The first kappa shape index (κ1) is 61.2. The number of nitrogens with zero attached hydrogens (tertiary/aromatic N) is 2. The Morgan fingerprint density at radius 3 is 0.891 bits per heavy atom. The highest BCUT2D eigenvalue weighted by Gasteiger charge is 2.54. The van der Waals surface area contributed by atoms with Gasteiger partial charge in [0.1, 0.15) is 23.3 Å². The standard InChI is InChI=1S/C95H66F4N2/c1-7-61-29-33-63(34-30-61)93(83-49-57(3)25-27-59(83)5)79-21-13-9-17-71(79)75-43-39-67(53-85(75)93)100(91-51-65(96)37-47-89(91)98)69-41-45-77-73-19-11-15-23-81(73)95(87(77)55-69)82-24-16-12-20-74(82)78-46-42-70(56-88(78)95)101(92-52-66(97)38-48-90(92)99)68-40-44-76-72-18-10-14-22-80(72)94(86(76)54-68,64-35-31-62(8-2)32-36-64)84-50-58(4)26-28-60(84)6/h7-56H,1-2H2,3-6H3. The normalized spacial score (nSPS) is 16.7. The summed E-state index contributed by atoms with van der Waals surface area (Å²) in [6.07, 6.45) is 3.71. The quantitative estimate of drug-likeness (QED) is 0.113. The maximum atomic E-state index is 17.5. The molecule has 4 aliphatic carbocycles. The fourth-order valence-electron chi connectivity index (χ4n) is 17.9. The maximum Gasteiger partial charge on any atom is 0.147 e. The third-order valence-corrected chi connectivity index (χ3v) is 22.2. The molecule has 0 amide bonds. The van der Waals surface area contributed by atoms with E-state index < -0.39 is 39.5 Å². The molecule has 2 nitrogen and oxygen atoms in total. The van der Waals surface area contributed by atoms with E-state index in [0.29, 0.717) is 22.7 Å². The molecule has 1 spiro atoms. The van der Waals surface area contributed by atoms with Crippen LogP contribution in [0.4, 0.5) is 51.7 Å². The molecule has 0 saturated carbocycles. The number of rotatable bonds is 12. The molecule has 0 fully saturated rings. The van der Waals surface area contributed by atoms with Crippen molar-refractivity contribution >= 4 is 46.3 Å². The first-order valence-corrected chi connectivity index (χ1v) is 34.3. The van der Waals surface area contributed by atoms with Gasteiger partial charge in [-0.2, -0.15) is 0 Å². The van der Waals surface area contributed by atoms with Crippen LogP contribution in [-0.2, 0) is 16.2 Å². The van der Waals surface area contributed by atoms with Crippen molar-refractivity contribution in [3.8, 4) is 44.5 Å². The summed E-state index contributed by atoms with van der Waals surface area (Å²) in [5.74, 6) is -2.39. The van der Waals surface area contributed by atoms with E-state index in [9.17, 15) is 0 Å². The summed E-state index contributed by atoms with van der Waals surface area (Å²) in [4.78, 5) is 3.75. The first-order valence-electron chi connectivity index (χ1n) is 34.3. The van der Waals surface area contributed by atoms with Crippen LogP contribution in [0.2, 0.25) is 0 Å². The second-order valence-electron chi connectivity index (χ2n) is 27.5. The van der Waals surface area contributed by atoms with E-state index in [1.165, 1.54) is 24.3 Å². The van der Waals surface area contributed by atoms with E-state index in [2.05, 4.69) is 271 Å². The molecule has 2 unspecified atom stereocenters. The minimum atomic E-state index is -1.05. The maximum absolute atomic E-state index is 17.5. The molecule has 0 N–H and O–H groups in total. The highest BCUT2D eigenvalue weighted by molar-refractivity contribution is 5.99. The number of aryl methyl sites for hydroxylation is 4. The molecular formula is C95H66F4N2. The van der Waals surface area contributed by atoms with Gasteiger partial charge in [-0.15, -0.1) is 0 Å². The van der Waals surface area contributed by atoms with Gasteiger partial charge in [-0.1, -0.05) is 243 Å². The van der Waals surface area contributed by atoms with Gasteiger partial charge in [0.15, 0.2) is 0 Å². The first-order chi connectivity index (χ1) is 49.2. The van der Waals surface area contributed by atoms with Crippen LogP contribution in [0.3, 0.4) is 0 Å². The average Bonchev–Trinajstić information content (AvgIpc) is 1.52. The van der Waals surface area contributed by atoms with Crippen molar-refractivity contribution < 1.29 is 17.6 Å². The number of hydrogen-bond acceptors (Lipinski definition) is 2. The highest BCUT2D eigenvalue weighted by Crippen LogP contribution is 2.66. The summed E-state index contributed by atoms with van der Waals surface area (Å²) in [6, 6.07) is 97.4. The van der Waals surface area contributed by atoms with Crippen molar-refractivity contribution in [3.05, 3.63) is 428 Å². The number of halogens is 4. The van der Waals surface area contributed by atoms with Gasteiger partial charge < -0.3 is 9.80 Å². The molecule has 0 heterocycles. The minimum Gasteiger partial charge on any atom is -0.308 e. The molecule has 0 aromatic heterocycles. The summed E-state index contributed by atoms with van der Waals surface area (Å²) >= 11 is 0. The Morgan fingerprint density at radius 1 is 0.267 bits per heavy atom. The Morgan fingerprint density at radius 2 is 0.564 bits per heavy atom. The predicted octanol–water partition coefficient (Wildman–Crippen LogP) is 24.8. The molecule has 0 radical (unpaired) electrons. The summed E-state index contributed by atoms with van der Waals surface area (Å²) < 4.78 is 67.7. The molecule has 6 heteroatoms. The van der Waals surface area contributed by atoms with Crippen molar-refractivity contribution in [2.75, 3.05) is 9.80 Å². The Kier molecular flexibility index (Phi) is 13.9. The smallest absolute Gasteiger partial charge is 0.147 e. The van der Waals surface area contributed by atoms with E-state index in [1.54, 1.807) is 0 Å². The number of anilines is 6. The molecule has 14 aromatic rings. The van der Waals surface area contributed by atoms with Gasteiger partial charge in [0.2, 0.25) is 0 Å². The number of hydrogen-bond donors (Lipinski definition) is 0. The lowest BCUT2D eigenvalue weighted by molar-refractivity contribution is 0.601. The third-order valence-electron chi connectivity index (χ3n) is 22.2. The SMILES string of the molecule is C=Cc1ccc(C2(c3cc(C)ccc3C)c3ccccc3-c3ccc(N(c4ccc5c(c4)C4(c6ccccc6-5)c5ccccc5-c5ccc(N(c6ccc7c(c6)C(c6ccc(C=C)cc6)(c6cc(C)ccc6C)c6ccccc6-7)c6cc(F)ccc6F)cc54)c4cc(F)ccc4F)cc32)cc1. The van der Waals surface area contributed by atoms with Gasteiger partial charge >= 0.3 is 0 Å². The van der Waals surface area contributed by atoms with E-state index in [-0.39, 0.29) is 11.4 Å². The fraction of sp³-hybridized carbons (Fsp3) is 0.0737. The minimum absolute atomic E-state index is 0.0349. The predicted molar refractivity (Wildman–Crippen MR) is 406 cm³/mol. The van der Waals surface area contributed by atoms with Crippen LogP contribution in [0.25, 0.3) is 56.7 Å². The zero-order valence-electron chi connectivity index (χ0n) is 56.2. The van der Waals surface area contributed by atoms with Crippen LogP contribution in [0.15, 0.2) is 304 Å². The highest BCUT2D eigenvalue weighted by atomic mass is 19.1. The van der Waals surface area contributed by atoms with Crippen molar-refractivity contribution in [1.29, 1.82) is 0 Å². The van der Waals surface area contributed by atoms with Crippen LogP contribution in [0.5, 0.6) is 0 Å². The fourth-order valence-corrected chi connectivity index (χ4v) is 17.9. The molecule has 18 rings (SSSR count). The third kappa shape index (κ3) is 8.77. The molecule has 0 aliphatic heterocycles. The Hall–Kier alpha value is -12.1. The number of fused-ring (bicyclic) bond motifs is 16. The van der Waals surface area contributed by atoms with Crippen LogP contribution in [0, 0.1) is 51.0 Å². The Bertz CT molecular complexity index is 5480. The summed E-state index contributed by atoms with van der Waals surface area (Å²) in [5.41, 5.74) is 26.8. The lowest BCUT2D eigenvalue weighted by Gasteiger charge is -2.36. The Balaban J connectivity index is 0.875. The summed E-state index contributed by atoms with van der Waals surface area (Å²) in [5, 5.41) is 0. The molecule has 0 bridgehead atoms. The molecule has 101 heavy (non-hydrogen) atoms. The zero-order chi connectivity index (χ0) is 68.8. The topological polar surface area (TPSA) is 6.48 Å². The van der Waals surface area contributed by atoms with Gasteiger partial charge in [0.05, 0.1) is 27.6 Å². The molecule has 2 atom stereocenters. The van der Waals surface area contributed by atoms with Gasteiger partial charge in [-0.25, -0.2) is 17.6 Å². The lowest BCUT2D eigenvalue weighted by Crippen LogP contribution is -2.30. The van der Waals surface area contributed by atoms with E-state index >= 15 is 17.6 Å². The Labute approximate surface area is 586 Å². The van der Waals surface area contributed by atoms with Gasteiger partial charge in [0, 0.05) is 34.9 Å². The molecule has 14 aromatic carbocycles. The van der Waals surface area contributed by atoms with Crippen LogP contribution in [-0.4, -0.2) is 0 Å². The van der Waals surface area contributed by atoms with E-state index in [1.807, 2.05) is 46.2 Å². The second-order valence-corrected chi connectivity index (χ2v) is 27.5. The van der Waals surface area contributed by atoms with Gasteiger partial charge in [-0.3, -0.25) is 0 Å². The second kappa shape index (κ2) is 23.0. The lowest BCUT2D eigenvalue weighted by atomic mass is 9.66. The summed E-state index contributed by atoms with van der Waals surface area (Å²) in [6.45, 7) is 16.8. The summed E-state index contributed by atoms with van der Waals surface area (Å²) in [7, 11) is 0. The van der Waals surface area contributed by atoms with Crippen molar-refractivity contribution in [3.63, 3.8) is 0 Å². The van der Waals surface area contributed by atoms with E-state index in [0.717, 1.165) is 157 Å². The monoisotopic (exact) mass is 1310 g/mol.